The average molecular weight is 340 g/mol. The van der Waals surface area contributed by atoms with Gasteiger partial charge in [0.25, 0.3) is 0 Å². The quantitative estimate of drug-likeness (QED) is 0.390. The largest absolute Gasteiger partial charge is 0.493 e. The summed E-state index contributed by atoms with van der Waals surface area (Å²) in [5, 5.41) is 6.60. The lowest BCUT2D eigenvalue weighted by Crippen LogP contribution is -2.38. The third-order valence-electron chi connectivity index (χ3n) is 3.28. The van der Waals surface area contributed by atoms with E-state index in [-0.39, 0.29) is 0 Å². The summed E-state index contributed by atoms with van der Waals surface area (Å²) in [6.45, 7) is 4.68. The van der Waals surface area contributed by atoms with Crippen LogP contribution in [-0.2, 0) is 6.42 Å². The predicted octanol–water partition coefficient (Wildman–Crippen LogP) is 2.55. The Bertz CT molecular complexity index is 481. The Hall–Kier alpha value is -1.56. The fraction of sp³-hybridized carbons (Fsp3) is 0.588. The smallest absolute Gasteiger partial charge is 0.191 e. The van der Waals surface area contributed by atoms with Crippen LogP contribution in [0.1, 0.15) is 18.9 Å². The average Bonchev–Trinajstić information content (AvgIpc) is 2.58. The minimum atomic E-state index is 0.765. The minimum absolute atomic E-state index is 0.765. The molecule has 0 aliphatic rings. The van der Waals surface area contributed by atoms with Crippen LogP contribution in [0.25, 0.3) is 0 Å². The van der Waals surface area contributed by atoms with Crippen LogP contribution in [0, 0.1) is 0 Å². The number of ether oxygens (including phenoxy) is 2. The highest BCUT2D eigenvalue weighted by Gasteiger charge is 2.04. The molecule has 6 heteroatoms. The highest BCUT2D eigenvalue weighted by molar-refractivity contribution is 7.98. The van der Waals surface area contributed by atoms with Crippen LogP contribution in [0.3, 0.4) is 0 Å². The fourth-order valence-corrected chi connectivity index (χ4v) is 2.43. The van der Waals surface area contributed by atoms with Gasteiger partial charge in [0, 0.05) is 25.4 Å². The number of rotatable bonds is 10. The van der Waals surface area contributed by atoms with E-state index >= 15 is 0 Å². The van der Waals surface area contributed by atoms with Gasteiger partial charge in [0.2, 0.25) is 0 Å². The van der Waals surface area contributed by atoms with Gasteiger partial charge < -0.3 is 20.1 Å². The van der Waals surface area contributed by atoms with Crippen molar-refractivity contribution in [2.75, 3.05) is 45.9 Å². The minimum Gasteiger partial charge on any atom is -0.493 e. The number of hydrogen-bond acceptors (Lipinski definition) is 4. The normalized spacial score (nSPS) is 11.2. The third-order valence-corrected chi connectivity index (χ3v) is 3.90. The van der Waals surface area contributed by atoms with Crippen LogP contribution in [0.4, 0.5) is 0 Å². The highest BCUT2D eigenvalue weighted by Crippen LogP contribution is 2.27. The van der Waals surface area contributed by atoms with Crippen LogP contribution < -0.4 is 20.1 Å². The lowest BCUT2D eigenvalue weighted by molar-refractivity contribution is 0.354. The van der Waals surface area contributed by atoms with Gasteiger partial charge in [-0.25, -0.2) is 0 Å². The van der Waals surface area contributed by atoms with Crippen molar-refractivity contribution < 1.29 is 9.47 Å². The number of benzene rings is 1. The topological polar surface area (TPSA) is 54.9 Å². The number of aryl methyl sites for hydroxylation is 1. The summed E-state index contributed by atoms with van der Waals surface area (Å²) in [5.41, 5.74) is 1.23. The molecule has 1 aromatic carbocycles. The van der Waals surface area contributed by atoms with Crippen LogP contribution in [0.2, 0.25) is 0 Å². The fourth-order valence-electron chi connectivity index (χ4n) is 2.12. The summed E-state index contributed by atoms with van der Waals surface area (Å²) < 4.78 is 10.6. The molecule has 1 aromatic rings. The molecular weight excluding hydrogens is 310 g/mol. The van der Waals surface area contributed by atoms with Crippen molar-refractivity contribution in [2.24, 2.45) is 4.99 Å². The molecule has 0 aromatic heterocycles. The molecule has 0 bridgehead atoms. The number of thioether (sulfide) groups is 1. The lowest BCUT2D eigenvalue weighted by Gasteiger charge is -2.11. The van der Waals surface area contributed by atoms with Gasteiger partial charge in [0.1, 0.15) is 0 Å². The molecule has 0 heterocycles. The molecule has 0 atom stereocenters. The summed E-state index contributed by atoms with van der Waals surface area (Å²) in [7, 11) is 3.31. The summed E-state index contributed by atoms with van der Waals surface area (Å²) >= 11 is 1.83. The van der Waals surface area contributed by atoms with E-state index in [4.69, 9.17) is 9.47 Å². The number of methoxy groups -OCH3 is 2. The molecule has 0 aliphatic heterocycles. The Balaban J connectivity index is 2.46. The first kappa shape index (κ1) is 19.5. The van der Waals surface area contributed by atoms with Gasteiger partial charge in [-0.3, -0.25) is 4.99 Å². The van der Waals surface area contributed by atoms with Gasteiger partial charge in [0.15, 0.2) is 17.5 Å². The maximum absolute atomic E-state index is 5.33. The molecule has 1 rings (SSSR count). The van der Waals surface area contributed by atoms with Gasteiger partial charge in [-0.2, -0.15) is 11.8 Å². The zero-order valence-electron chi connectivity index (χ0n) is 14.6. The Kier molecular flexibility index (Phi) is 10.1. The monoisotopic (exact) mass is 339 g/mol. The zero-order valence-corrected chi connectivity index (χ0v) is 15.5. The van der Waals surface area contributed by atoms with E-state index in [9.17, 15) is 0 Å². The molecular formula is C17H29N3O2S. The number of guanidine groups is 1. The first-order valence-electron chi connectivity index (χ1n) is 7.97. The predicted molar refractivity (Wildman–Crippen MR) is 100 cm³/mol. The van der Waals surface area contributed by atoms with Crippen molar-refractivity contribution in [3.63, 3.8) is 0 Å². The summed E-state index contributed by atoms with van der Waals surface area (Å²) in [5.74, 6) is 3.52. The highest BCUT2D eigenvalue weighted by atomic mass is 32.2. The molecule has 0 saturated heterocycles. The van der Waals surface area contributed by atoms with E-state index in [1.165, 1.54) is 5.56 Å². The molecule has 0 amide bonds. The molecule has 130 valence electrons. The summed E-state index contributed by atoms with van der Waals surface area (Å²) in [6.07, 6.45) is 4.07. The van der Waals surface area contributed by atoms with Gasteiger partial charge in [-0.05, 0) is 43.7 Å². The molecule has 0 saturated carbocycles. The first-order valence-corrected chi connectivity index (χ1v) is 9.36. The van der Waals surface area contributed by atoms with E-state index < -0.39 is 0 Å². The van der Waals surface area contributed by atoms with Crippen molar-refractivity contribution in [1.29, 1.82) is 0 Å². The van der Waals surface area contributed by atoms with Crippen LogP contribution >= 0.6 is 11.8 Å². The van der Waals surface area contributed by atoms with E-state index in [0.29, 0.717) is 0 Å². The van der Waals surface area contributed by atoms with Crippen LogP contribution in [-0.4, -0.2) is 51.8 Å². The first-order chi connectivity index (χ1) is 11.2. The SMILES string of the molecule is CCNC(=NCCCc1ccc(OC)c(OC)c1)NCCSC. The maximum atomic E-state index is 5.33. The Morgan fingerprint density at radius 2 is 1.96 bits per heavy atom. The zero-order chi connectivity index (χ0) is 16.9. The molecule has 0 radical (unpaired) electrons. The summed E-state index contributed by atoms with van der Waals surface area (Å²) in [6, 6.07) is 6.06. The van der Waals surface area contributed by atoms with E-state index in [1.807, 2.05) is 23.9 Å². The van der Waals surface area contributed by atoms with Crippen LogP contribution in [0.15, 0.2) is 23.2 Å². The number of aliphatic imine (C=N–C) groups is 1. The number of nitrogens with one attached hydrogen (secondary N) is 2. The second kappa shape index (κ2) is 11.9. The van der Waals surface area contributed by atoms with Gasteiger partial charge in [-0.15, -0.1) is 0 Å². The van der Waals surface area contributed by atoms with E-state index in [2.05, 4.69) is 34.9 Å². The Labute approximate surface area is 144 Å². The van der Waals surface area contributed by atoms with Gasteiger partial charge >= 0.3 is 0 Å². The van der Waals surface area contributed by atoms with Crippen molar-refractivity contribution in [3.8, 4) is 11.5 Å². The number of hydrogen-bond donors (Lipinski definition) is 2. The van der Waals surface area contributed by atoms with Crippen molar-refractivity contribution in [3.05, 3.63) is 23.8 Å². The van der Waals surface area contributed by atoms with Gasteiger partial charge in [-0.1, -0.05) is 6.07 Å². The van der Waals surface area contributed by atoms with E-state index in [0.717, 1.165) is 55.7 Å². The number of nitrogens with zero attached hydrogens (tertiary/aromatic N) is 1. The van der Waals surface area contributed by atoms with Crippen LogP contribution in [0.5, 0.6) is 11.5 Å². The Morgan fingerprint density at radius 1 is 1.17 bits per heavy atom. The molecule has 0 fully saturated rings. The van der Waals surface area contributed by atoms with Gasteiger partial charge in [0.05, 0.1) is 14.2 Å². The molecule has 2 N–H and O–H groups in total. The second-order valence-electron chi connectivity index (χ2n) is 4.97. The molecule has 0 aliphatic carbocycles. The second-order valence-corrected chi connectivity index (χ2v) is 5.96. The molecule has 0 unspecified atom stereocenters. The maximum Gasteiger partial charge on any atom is 0.191 e. The molecule has 23 heavy (non-hydrogen) atoms. The standard InChI is InChI=1S/C17H29N3O2S/c1-5-18-17(20-11-12-23-4)19-10-6-7-14-8-9-15(21-2)16(13-14)22-3/h8-9,13H,5-7,10-12H2,1-4H3,(H2,18,19,20). The van der Waals surface area contributed by atoms with Crippen molar-refractivity contribution in [1.82, 2.24) is 10.6 Å². The van der Waals surface area contributed by atoms with Crippen molar-refractivity contribution >= 4 is 17.7 Å². The third kappa shape index (κ3) is 7.50. The van der Waals surface area contributed by atoms with E-state index in [1.54, 1.807) is 14.2 Å². The summed E-state index contributed by atoms with van der Waals surface area (Å²) in [4.78, 5) is 4.61. The molecule has 5 nitrogen and oxygen atoms in total. The Morgan fingerprint density at radius 3 is 2.61 bits per heavy atom. The lowest BCUT2D eigenvalue weighted by atomic mass is 10.1. The van der Waals surface area contributed by atoms with Crippen molar-refractivity contribution in [2.45, 2.75) is 19.8 Å². The molecule has 0 spiro atoms.